The van der Waals surface area contributed by atoms with Gasteiger partial charge in [0, 0.05) is 34.9 Å². The summed E-state index contributed by atoms with van der Waals surface area (Å²) in [7, 11) is 0. The van der Waals surface area contributed by atoms with E-state index >= 15 is 0 Å². The molecule has 0 saturated carbocycles. The zero-order valence-corrected chi connectivity index (χ0v) is 19.2. The van der Waals surface area contributed by atoms with Crippen LogP contribution in [-0.4, -0.2) is 20.7 Å². The van der Waals surface area contributed by atoms with E-state index in [0.717, 1.165) is 11.3 Å². The van der Waals surface area contributed by atoms with E-state index in [-0.39, 0.29) is 23.3 Å². The van der Waals surface area contributed by atoms with E-state index in [4.69, 9.17) is 21.1 Å². The van der Waals surface area contributed by atoms with E-state index in [2.05, 4.69) is 51.8 Å². The Balaban J connectivity index is 1.67. The van der Waals surface area contributed by atoms with E-state index in [1.807, 2.05) is 22.9 Å². The molecule has 30 heavy (non-hydrogen) atoms. The van der Waals surface area contributed by atoms with Crippen molar-refractivity contribution in [1.82, 2.24) is 14.8 Å². The van der Waals surface area contributed by atoms with Crippen molar-refractivity contribution < 1.29 is 9.21 Å². The standard InChI is InChI=1S/C23H29ClN4O2/c1-22(2,3)18-13-19(28(27-18)23(4,5)6)26-20(29)11-12-21-25-14-17(30-21)15-7-9-16(24)10-8-15/h7-10,13-14H,11-12H2,1-6H3,(H,26,29). The van der Waals surface area contributed by atoms with Crippen molar-refractivity contribution >= 4 is 23.3 Å². The second kappa shape index (κ2) is 8.26. The molecule has 0 atom stereocenters. The summed E-state index contributed by atoms with van der Waals surface area (Å²) in [5, 5.41) is 8.40. The predicted octanol–water partition coefficient (Wildman–Crippen LogP) is 5.82. The summed E-state index contributed by atoms with van der Waals surface area (Å²) in [6.45, 7) is 12.5. The maximum absolute atomic E-state index is 12.6. The Morgan fingerprint density at radius 2 is 1.80 bits per heavy atom. The van der Waals surface area contributed by atoms with Crippen LogP contribution < -0.4 is 5.32 Å². The number of aromatic nitrogens is 3. The lowest BCUT2D eigenvalue weighted by molar-refractivity contribution is -0.116. The number of rotatable bonds is 5. The van der Waals surface area contributed by atoms with E-state index < -0.39 is 0 Å². The molecule has 0 aliphatic rings. The Bertz CT molecular complexity index is 1020. The normalized spacial score (nSPS) is 12.2. The number of benzene rings is 1. The number of carbonyl (C=O) groups excluding carboxylic acids is 1. The van der Waals surface area contributed by atoms with Gasteiger partial charge in [0.05, 0.1) is 17.4 Å². The first kappa shape index (κ1) is 22.1. The maximum atomic E-state index is 12.6. The van der Waals surface area contributed by atoms with Crippen LogP contribution in [0.15, 0.2) is 40.9 Å². The van der Waals surface area contributed by atoms with Crippen molar-refractivity contribution in [3.05, 3.63) is 53.1 Å². The van der Waals surface area contributed by atoms with Gasteiger partial charge in [-0.1, -0.05) is 32.4 Å². The largest absolute Gasteiger partial charge is 0.441 e. The summed E-state index contributed by atoms with van der Waals surface area (Å²) >= 11 is 5.92. The minimum Gasteiger partial charge on any atom is -0.441 e. The third-order valence-electron chi connectivity index (χ3n) is 4.63. The second-order valence-corrected chi connectivity index (χ2v) is 9.86. The summed E-state index contributed by atoms with van der Waals surface area (Å²) in [5.74, 6) is 1.77. The van der Waals surface area contributed by atoms with Gasteiger partial charge in [-0.25, -0.2) is 9.67 Å². The molecule has 1 N–H and O–H groups in total. The number of amides is 1. The minimum atomic E-state index is -0.248. The Kier molecular flexibility index (Phi) is 6.09. The molecule has 1 amide bonds. The minimum absolute atomic E-state index is 0.105. The number of halogens is 1. The van der Waals surface area contributed by atoms with Crippen molar-refractivity contribution in [3.63, 3.8) is 0 Å². The van der Waals surface area contributed by atoms with Gasteiger partial charge in [-0.15, -0.1) is 0 Å². The van der Waals surface area contributed by atoms with Gasteiger partial charge in [-0.2, -0.15) is 5.10 Å². The first-order valence-electron chi connectivity index (χ1n) is 10.0. The van der Waals surface area contributed by atoms with Crippen LogP contribution in [0.2, 0.25) is 5.02 Å². The van der Waals surface area contributed by atoms with Crippen molar-refractivity contribution in [2.45, 2.75) is 65.3 Å². The molecule has 0 radical (unpaired) electrons. The summed E-state index contributed by atoms with van der Waals surface area (Å²) in [5.41, 5.74) is 1.48. The van der Waals surface area contributed by atoms with Crippen LogP contribution >= 0.6 is 11.6 Å². The summed E-state index contributed by atoms with van der Waals surface area (Å²) in [4.78, 5) is 16.9. The molecule has 0 saturated heterocycles. The smallest absolute Gasteiger partial charge is 0.226 e. The summed E-state index contributed by atoms with van der Waals surface area (Å²) < 4.78 is 7.66. The van der Waals surface area contributed by atoms with Crippen LogP contribution in [0, 0.1) is 0 Å². The van der Waals surface area contributed by atoms with Crippen molar-refractivity contribution in [2.24, 2.45) is 0 Å². The molecule has 160 valence electrons. The highest BCUT2D eigenvalue weighted by Gasteiger charge is 2.25. The SMILES string of the molecule is CC(C)(C)c1cc(NC(=O)CCc2ncc(-c3ccc(Cl)cc3)o2)n(C(C)(C)C)n1. The molecule has 2 heterocycles. The Morgan fingerprint density at radius 1 is 1.13 bits per heavy atom. The molecule has 1 aromatic carbocycles. The fourth-order valence-electron chi connectivity index (χ4n) is 2.95. The summed E-state index contributed by atoms with van der Waals surface area (Å²) in [6, 6.07) is 9.31. The van der Waals surface area contributed by atoms with Crippen LogP contribution in [0.1, 0.15) is 59.5 Å². The predicted molar refractivity (Wildman–Crippen MR) is 120 cm³/mol. The highest BCUT2D eigenvalue weighted by molar-refractivity contribution is 6.30. The molecule has 3 rings (SSSR count). The maximum Gasteiger partial charge on any atom is 0.226 e. The lowest BCUT2D eigenvalue weighted by Gasteiger charge is -2.23. The topological polar surface area (TPSA) is 73.0 Å². The molecule has 6 nitrogen and oxygen atoms in total. The molecular formula is C23H29ClN4O2. The average molecular weight is 429 g/mol. The van der Waals surface area contributed by atoms with Gasteiger partial charge in [-0.05, 0) is 45.0 Å². The zero-order valence-electron chi connectivity index (χ0n) is 18.4. The fourth-order valence-corrected chi connectivity index (χ4v) is 3.07. The van der Waals surface area contributed by atoms with Gasteiger partial charge < -0.3 is 9.73 Å². The molecular weight excluding hydrogens is 400 g/mol. The third kappa shape index (κ3) is 5.30. The van der Waals surface area contributed by atoms with Crippen LogP contribution in [0.4, 0.5) is 5.82 Å². The number of anilines is 1. The highest BCUT2D eigenvalue weighted by Crippen LogP contribution is 2.28. The Morgan fingerprint density at radius 3 is 2.40 bits per heavy atom. The van der Waals surface area contributed by atoms with E-state index in [1.54, 1.807) is 18.3 Å². The van der Waals surface area contributed by atoms with E-state index in [0.29, 0.717) is 28.9 Å². The number of oxazole rings is 1. The van der Waals surface area contributed by atoms with Gasteiger partial charge in [-0.3, -0.25) is 4.79 Å². The Hall–Kier alpha value is -2.60. The van der Waals surface area contributed by atoms with Crippen molar-refractivity contribution in [1.29, 1.82) is 0 Å². The quantitative estimate of drug-likeness (QED) is 0.556. The molecule has 0 bridgehead atoms. The molecule has 3 aromatic rings. The average Bonchev–Trinajstić information content (AvgIpc) is 3.27. The molecule has 2 aromatic heterocycles. The first-order valence-corrected chi connectivity index (χ1v) is 10.4. The molecule has 0 fully saturated rings. The van der Waals surface area contributed by atoms with Gasteiger partial charge in [0.25, 0.3) is 0 Å². The summed E-state index contributed by atoms with van der Waals surface area (Å²) in [6.07, 6.45) is 2.34. The third-order valence-corrected chi connectivity index (χ3v) is 4.88. The fraction of sp³-hybridized carbons (Fsp3) is 0.435. The molecule has 0 unspecified atom stereocenters. The number of aryl methyl sites for hydroxylation is 1. The molecule has 0 aliphatic carbocycles. The molecule has 7 heteroatoms. The lowest BCUT2D eigenvalue weighted by atomic mass is 9.92. The number of hydrogen-bond acceptors (Lipinski definition) is 4. The zero-order chi connectivity index (χ0) is 22.1. The lowest BCUT2D eigenvalue weighted by Crippen LogP contribution is -2.27. The van der Waals surface area contributed by atoms with Crippen LogP contribution in [0.5, 0.6) is 0 Å². The number of carbonyl (C=O) groups is 1. The van der Waals surface area contributed by atoms with Crippen LogP contribution in [0.3, 0.4) is 0 Å². The van der Waals surface area contributed by atoms with E-state index in [9.17, 15) is 4.79 Å². The van der Waals surface area contributed by atoms with Gasteiger partial charge in [0.1, 0.15) is 5.82 Å². The van der Waals surface area contributed by atoms with E-state index in [1.165, 1.54) is 0 Å². The highest BCUT2D eigenvalue weighted by atomic mass is 35.5. The molecule has 0 aliphatic heterocycles. The monoisotopic (exact) mass is 428 g/mol. The van der Waals surface area contributed by atoms with Gasteiger partial charge >= 0.3 is 0 Å². The number of nitrogens with one attached hydrogen (secondary N) is 1. The number of hydrogen-bond donors (Lipinski definition) is 1. The first-order chi connectivity index (χ1) is 13.9. The van der Waals surface area contributed by atoms with Crippen LogP contribution in [0.25, 0.3) is 11.3 Å². The van der Waals surface area contributed by atoms with Gasteiger partial charge in [0.15, 0.2) is 11.7 Å². The van der Waals surface area contributed by atoms with Crippen LogP contribution in [-0.2, 0) is 22.2 Å². The van der Waals surface area contributed by atoms with Crippen molar-refractivity contribution in [3.8, 4) is 11.3 Å². The molecule has 0 spiro atoms. The van der Waals surface area contributed by atoms with Crippen molar-refractivity contribution in [2.75, 3.05) is 5.32 Å². The number of nitrogens with zero attached hydrogens (tertiary/aromatic N) is 3. The second-order valence-electron chi connectivity index (χ2n) is 9.42. The van der Waals surface area contributed by atoms with Gasteiger partial charge in [0.2, 0.25) is 5.91 Å². The Labute approximate surface area is 182 Å².